The van der Waals surface area contributed by atoms with Gasteiger partial charge in [0.2, 0.25) is 0 Å². The van der Waals surface area contributed by atoms with Crippen LogP contribution in [0.1, 0.15) is 64.9 Å². The van der Waals surface area contributed by atoms with Crippen LogP contribution in [0.3, 0.4) is 0 Å². The van der Waals surface area contributed by atoms with Gasteiger partial charge in [0.15, 0.2) is 0 Å². The summed E-state index contributed by atoms with van der Waals surface area (Å²) in [5, 5.41) is 11.4. The van der Waals surface area contributed by atoms with Crippen LogP contribution in [0.5, 0.6) is 5.75 Å². The van der Waals surface area contributed by atoms with Gasteiger partial charge < -0.3 is 24.6 Å². The summed E-state index contributed by atoms with van der Waals surface area (Å²) in [5.74, 6) is -0.300. The SMILES string of the molecule is CC(C)(C)OC(=O)NC/C(=C/F)COc1ccc(C23CCC(OCC(=O)O)(CC2)CC3)cc1. The highest BCUT2D eigenvalue weighted by Crippen LogP contribution is 2.55. The number of halogens is 1. The molecule has 33 heavy (non-hydrogen) atoms. The van der Waals surface area contributed by atoms with E-state index in [0.717, 1.165) is 38.5 Å². The molecule has 0 spiro atoms. The van der Waals surface area contributed by atoms with Gasteiger partial charge in [-0.15, -0.1) is 0 Å². The van der Waals surface area contributed by atoms with Crippen molar-refractivity contribution in [2.24, 2.45) is 0 Å². The van der Waals surface area contributed by atoms with E-state index >= 15 is 0 Å². The van der Waals surface area contributed by atoms with Crippen LogP contribution < -0.4 is 10.1 Å². The molecule has 0 heterocycles. The average molecular weight is 464 g/mol. The molecule has 0 atom stereocenters. The maximum absolute atomic E-state index is 13.2. The monoisotopic (exact) mass is 463 g/mol. The standard InChI is InChI=1S/C25H34FNO6/c1-23(2,3)33-22(30)27-15-18(14-26)16-31-20-6-4-19(5-7-20)24-8-11-25(12-9-24,13-10-24)32-17-21(28)29/h4-7,14H,8-13,15-17H2,1-3H3,(H,27,30)(H,28,29)/b18-14-. The lowest BCUT2D eigenvalue weighted by Crippen LogP contribution is -2.50. The van der Waals surface area contributed by atoms with Crippen molar-refractivity contribution in [1.29, 1.82) is 0 Å². The van der Waals surface area contributed by atoms with Gasteiger partial charge in [0.05, 0.1) is 11.9 Å². The first-order chi connectivity index (χ1) is 15.5. The molecule has 4 rings (SSSR count). The average Bonchev–Trinajstić information content (AvgIpc) is 2.78. The van der Waals surface area contributed by atoms with E-state index in [-0.39, 0.29) is 30.8 Å². The second kappa shape index (κ2) is 10.1. The number of carboxylic acids is 1. The smallest absolute Gasteiger partial charge is 0.407 e. The Balaban J connectivity index is 1.50. The minimum Gasteiger partial charge on any atom is -0.489 e. The molecule has 1 aromatic rings. The molecule has 0 aliphatic heterocycles. The van der Waals surface area contributed by atoms with Gasteiger partial charge in [-0.05, 0) is 82.4 Å². The molecule has 3 saturated carbocycles. The van der Waals surface area contributed by atoms with Crippen molar-refractivity contribution < 1.29 is 33.3 Å². The molecular formula is C25H34FNO6. The fourth-order valence-corrected chi connectivity index (χ4v) is 4.72. The van der Waals surface area contributed by atoms with Gasteiger partial charge >= 0.3 is 12.1 Å². The number of amides is 1. The maximum Gasteiger partial charge on any atom is 0.407 e. The summed E-state index contributed by atoms with van der Waals surface area (Å²) in [6.45, 7) is 5.05. The fourth-order valence-electron chi connectivity index (χ4n) is 4.72. The third kappa shape index (κ3) is 6.69. The molecule has 3 aliphatic carbocycles. The summed E-state index contributed by atoms with van der Waals surface area (Å²) in [5.41, 5.74) is 0.722. The number of carbonyl (C=O) groups is 2. The predicted molar refractivity (Wildman–Crippen MR) is 121 cm³/mol. The lowest BCUT2D eigenvalue weighted by Gasteiger charge is -2.53. The number of hydrogen-bond acceptors (Lipinski definition) is 5. The zero-order valence-corrected chi connectivity index (χ0v) is 19.6. The highest BCUT2D eigenvalue weighted by molar-refractivity contribution is 5.68. The maximum atomic E-state index is 13.2. The van der Waals surface area contributed by atoms with Gasteiger partial charge in [0, 0.05) is 12.1 Å². The van der Waals surface area contributed by atoms with Gasteiger partial charge in [0.25, 0.3) is 0 Å². The number of nitrogens with one attached hydrogen (secondary N) is 1. The Hall–Kier alpha value is -2.61. The van der Waals surface area contributed by atoms with E-state index in [0.29, 0.717) is 17.7 Å². The van der Waals surface area contributed by atoms with E-state index in [1.54, 1.807) is 20.8 Å². The second-order valence-corrected chi connectivity index (χ2v) is 10.1. The zero-order valence-electron chi connectivity index (χ0n) is 19.6. The van der Waals surface area contributed by atoms with Crippen LogP contribution in [0, 0.1) is 0 Å². The Morgan fingerprint density at radius 1 is 1.06 bits per heavy atom. The number of alkyl carbamates (subject to hydrolysis) is 1. The summed E-state index contributed by atoms with van der Waals surface area (Å²) in [4.78, 5) is 22.6. The van der Waals surface area contributed by atoms with Gasteiger partial charge in [-0.2, -0.15) is 0 Å². The molecule has 1 aromatic carbocycles. The number of ether oxygens (including phenoxy) is 3. The highest BCUT2D eigenvalue weighted by atomic mass is 19.1. The molecule has 2 N–H and O–H groups in total. The van der Waals surface area contributed by atoms with E-state index in [1.165, 1.54) is 5.56 Å². The number of fused-ring (bicyclic) bond motifs is 3. The highest BCUT2D eigenvalue weighted by Gasteiger charge is 2.50. The number of hydrogen-bond donors (Lipinski definition) is 2. The summed E-state index contributed by atoms with van der Waals surface area (Å²) in [6.07, 6.45) is 5.35. The fraction of sp³-hybridized carbons (Fsp3) is 0.600. The predicted octanol–water partition coefficient (Wildman–Crippen LogP) is 4.89. The van der Waals surface area contributed by atoms with Crippen molar-refractivity contribution in [2.75, 3.05) is 19.8 Å². The van der Waals surface area contributed by atoms with Crippen molar-refractivity contribution in [2.45, 2.75) is 75.9 Å². The molecule has 0 saturated heterocycles. The Labute approximate surface area is 194 Å². The molecular weight excluding hydrogens is 429 g/mol. The quantitative estimate of drug-likeness (QED) is 0.542. The minimum atomic E-state index is -0.922. The molecule has 3 aliphatic rings. The van der Waals surface area contributed by atoms with E-state index in [1.807, 2.05) is 12.1 Å². The summed E-state index contributed by atoms with van der Waals surface area (Å²) < 4.78 is 29.8. The normalized spacial score (nSPS) is 24.9. The van der Waals surface area contributed by atoms with Gasteiger partial charge in [-0.25, -0.2) is 14.0 Å². The number of aliphatic carboxylic acids is 1. The van der Waals surface area contributed by atoms with Crippen LogP contribution in [0.4, 0.5) is 9.18 Å². The minimum absolute atomic E-state index is 0.00168. The Kier molecular flexibility index (Phi) is 7.67. The molecule has 7 nitrogen and oxygen atoms in total. The number of rotatable bonds is 9. The van der Waals surface area contributed by atoms with E-state index in [9.17, 15) is 14.0 Å². The Morgan fingerprint density at radius 3 is 2.18 bits per heavy atom. The van der Waals surface area contributed by atoms with Gasteiger partial charge in [-0.1, -0.05) is 12.1 Å². The number of carbonyl (C=O) groups excluding carboxylic acids is 1. The molecule has 182 valence electrons. The molecule has 1 amide bonds. The van der Waals surface area contributed by atoms with Crippen molar-refractivity contribution >= 4 is 12.1 Å². The largest absolute Gasteiger partial charge is 0.489 e. The first-order valence-corrected chi connectivity index (χ1v) is 11.4. The van der Waals surface area contributed by atoms with E-state index < -0.39 is 17.7 Å². The first-order valence-electron chi connectivity index (χ1n) is 11.4. The van der Waals surface area contributed by atoms with Gasteiger partial charge in [0.1, 0.15) is 24.6 Å². The van der Waals surface area contributed by atoms with Crippen molar-refractivity contribution in [3.8, 4) is 5.75 Å². The third-order valence-corrected chi connectivity index (χ3v) is 6.58. The Bertz CT molecular complexity index is 849. The molecule has 8 heteroatoms. The summed E-state index contributed by atoms with van der Waals surface area (Å²) in [7, 11) is 0. The van der Waals surface area contributed by atoms with Crippen molar-refractivity contribution in [3.63, 3.8) is 0 Å². The van der Waals surface area contributed by atoms with Crippen LogP contribution >= 0.6 is 0 Å². The lowest BCUT2D eigenvalue weighted by molar-refractivity contribution is -0.160. The van der Waals surface area contributed by atoms with Crippen LogP contribution in [0.25, 0.3) is 0 Å². The van der Waals surface area contributed by atoms with Gasteiger partial charge in [-0.3, -0.25) is 0 Å². The van der Waals surface area contributed by atoms with Crippen LogP contribution in [-0.2, 0) is 19.7 Å². The summed E-state index contributed by atoms with van der Waals surface area (Å²) in [6, 6.07) is 7.89. The third-order valence-electron chi connectivity index (χ3n) is 6.58. The topological polar surface area (TPSA) is 94.1 Å². The molecule has 3 fully saturated rings. The van der Waals surface area contributed by atoms with Crippen molar-refractivity contribution in [3.05, 3.63) is 41.7 Å². The number of benzene rings is 1. The molecule has 2 bridgehead atoms. The van der Waals surface area contributed by atoms with Crippen LogP contribution in [0.15, 0.2) is 36.2 Å². The molecule has 0 unspecified atom stereocenters. The molecule has 0 aromatic heterocycles. The lowest BCUT2D eigenvalue weighted by atomic mass is 9.56. The van der Waals surface area contributed by atoms with Crippen LogP contribution in [0.2, 0.25) is 0 Å². The second-order valence-electron chi connectivity index (χ2n) is 10.1. The van der Waals surface area contributed by atoms with Crippen molar-refractivity contribution in [1.82, 2.24) is 5.32 Å². The van der Waals surface area contributed by atoms with E-state index in [4.69, 9.17) is 19.3 Å². The van der Waals surface area contributed by atoms with E-state index in [2.05, 4.69) is 17.4 Å². The molecule has 0 radical (unpaired) electrons. The first kappa shape index (κ1) is 25.0. The van der Waals surface area contributed by atoms with Crippen LogP contribution in [-0.4, -0.2) is 48.1 Å². The Morgan fingerprint density at radius 2 is 1.67 bits per heavy atom. The summed E-state index contributed by atoms with van der Waals surface area (Å²) >= 11 is 0. The number of carboxylic acid groups (broad SMARTS) is 1. The zero-order chi connectivity index (χ0) is 24.1.